The van der Waals surface area contributed by atoms with Crippen LogP contribution in [0.2, 0.25) is 0 Å². The molecule has 2 N–H and O–H groups in total. The molecule has 1 amide bonds. The van der Waals surface area contributed by atoms with Crippen LogP contribution < -0.4 is 5.73 Å². The molecule has 0 aliphatic heterocycles. The van der Waals surface area contributed by atoms with Crippen molar-refractivity contribution in [1.82, 2.24) is 4.90 Å². The van der Waals surface area contributed by atoms with Crippen LogP contribution >= 0.6 is 0 Å². The SMILES string of the molecule is CC(C)C(N)CCN(C)C(=O)C(C)(C)c1ccccc1F. The molecule has 0 bridgehead atoms. The molecule has 0 saturated carbocycles. The van der Waals surface area contributed by atoms with Crippen molar-refractivity contribution in [3.05, 3.63) is 35.6 Å². The van der Waals surface area contributed by atoms with Gasteiger partial charge in [-0.3, -0.25) is 4.79 Å². The fraction of sp³-hybridized carbons (Fsp3) is 0.588. The summed E-state index contributed by atoms with van der Waals surface area (Å²) in [6, 6.07) is 6.50. The first-order valence-corrected chi connectivity index (χ1v) is 7.44. The zero-order chi connectivity index (χ0) is 16.2. The van der Waals surface area contributed by atoms with Gasteiger partial charge < -0.3 is 10.6 Å². The Hall–Kier alpha value is -1.42. The Bertz CT molecular complexity index is 485. The Morgan fingerprint density at radius 3 is 2.43 bits per heavy atom. The van der Waals surface area contributed by atoms with Gasteiger partial charge in [-0.15, -0.1) is 0 Å². The van der Waals surface area contributed by atoms with E-state index in [1.54, 1.807) is 44.0 Å². The molecule has 1 aromatic rings. The van der Waals surface area contributed by atoms with Crippen molar-refractivity contribution < 1.29 is 9.18 Å². The largest absolute Gasteiger partial charge is 0.345 e. The van der Waals surface area contributed by atoms with E-state index < -0.39 is 5.41 Å². The predicted octanol–water partition coefficient (Wildman–Crippen LogP) is 2.94. The average Bonchev–Trinajstić information content (AvgIpc) is 2.43. The average molecular weight is 294 g/mol. The van der Waals surface area contributed by atoms with E-state index in [9.17, 15) is 9.18 Å². The van der Waals surface area contributed by atoms with E-state index in [0.717, 1.165) is 6.42 Å². The molecular weight excluding hydrogens is 267 g/mol. The monoisotopic (exact) mass is 294 g/mol. The molecule has 3 nitrogen and oxygen atoms in total. The molecular formula is C17H27FN2O. The van der Waals surface area contributed by atoms with Crippen LogP contribution in [0.15, 0.2) is 24.3 Å². The van der Waals surface area contributed by atoms with Crippen molar-refractivity contribution in [2.75, 3.05) is 13.6 Å². The van der Waals surface area contributed by atoms with Gasteiger partial charge in [-0.2, -0.15) is 0 Å². The van der Waals surface area contributed by atoms with E-state index in [-0.39, 0.29) is 17.8 Å². The number of halogens is 1. The summed E-state index contributed by atoms with van der Waals surface area (Å²) in [6.07, 6.45) is 0.743. The normalized spacial score (nSPS) is 13.3. The quantitative estimate of drug-likeness (QED) is 0.877. The van der Waals surface area contributed by atoms with Gasteiger partial charge in [0.25, 0.3) is 0 Å². The summed E-state index contributed by atoms with van der Waals surface area (Å²) in [4.78, 5) is 14.3. The molecule has 0 heterocycles. The van der Waals surface area contributed by atoms with E-state index in [4.69, 9.17) is 5.73 Å². The maximum atomic E-state index is 13.9. The van der Waals surface area contributed by atoms with Crippen LogP contribution in [0.25, 0.3) is 0 Å². The Kier molecular flexibility index (Phi) is 5.90. The summed E-state index contributed by atoms with van der Waals surface area (Å²) >= 11 is 0. The molecule has 0 spiro atoms. The topological polar surface area (TPSA) is 46.3 Å². The fourth-order valence-corrected chi connectivity index (χ4v) is 2.34. The molecule has 0 radical (unpaired) electrons. The van der Waals surface area contributed by atoms with Crippen molar-refractivity contribution in [1.29, 1.82) is 0 Å². The van der Waals surface area contributed by atoms with Gasteiger partial charge >= 0.3 is 0 Å². The number of nitrogens with zero attached hydrogens (tertiary/aromatic N) is 1. The van der Waals surface area contributed by atoms with E-state index in [1.807, 2.05) is 0 Å². The summed E-state index contributed by atoms with van der Waals surface area (Å²) in [7, 11) is 1.75. The lowest BCUT2D eigenvalue weighted by atomic mass is 9.82. The van der Waals surface area contributed by atoms with E-state index in [0.29, 0.717) is 18.0 Å². The van der Waals surface area contributed by atoms with Crippen LogP contribution in [-0.2, 0) is 10.2 Å². The molecule has 0 fully saturated rings. The van der Waals surface area contributed by atoms with Crippen LogP contribution in [-0.4, -0.2) is 30.4 Å². The highest BCUT2D eigenvalue weighted by Gasteiger charge is 2.34. The molecule has 4 heteroatoms. The van der Waals surface area contributed by atoms with E-state index >= 15 is 0 Å². The van der Waals surface area contributed by atoms with Gasteiger partial charge in [-0.1, -0.05) is 32.0 Å². The summed E-state index contributed by atoms with van der Waals surface area (Å²) in [5, 5.41) is 0. The third-order valence-electron chi connectivity index (χ3n) is 4.08. The second kappa shape index (κ2) is 7.03. The molecule has 0 aliphatic rings. The molecule has 0 aliphatic carbocycles. The number of hydrogen-bond acceptors (Lipinski definition) is 2. The Balaban J connectivity index is 2.79. The van der Waals surface area contributed by atoms with Gasteiger partial charge in [-0.05, 0) is 32.3 Å². The lowest BCUT2D eigenvalue weighted by Crippen LogP contribution is -2.43. The maximum absolute atomic E-state index is 13.9. The third-order valence-corrected chi connectivity index (χ3v) is 4.08. The van der Waals surface area contributed by atoms with Gasteiger partial charge in [0.1, 0.15) is 5.82 Å². The number of amides is 1. The number of likely N-dealkylation sites (N-methyl/N-ethyl adjacent to an activating group) is 1. The number of rotatable bonds is 6. The first kappa shape index (κ1) is 17.6. The van der Waals surface area contributed by atoms with Crippen molar-refractivity contribution in [3.63, 3.8) is 0 Å². The highest BCUT2D eigenvalue weighted by atomic mass is 19.1. The number of carbonyl (C=O) groups excluding carboxylic acids is 1. The Morgan fingerprint density at radius 2 is 1.90 bits per heavy atom. The van der Waals surface area contributed by atoms with E-state index in [2.05, 4.69) is 13.8 Å². The minimum absolute atomic E-state index is 0.0665. The maximum Gasteiger partial charge on any atom is 0.232 e. The minimum atomic E-state index is -0.887. The van der Waals surface area contributed by atoms with Gasteiger partial charge in [0.05, 0.1) is 5.41 Å². The van der Waals surface area contributed by atoms with Crippen molar-refractivity contribution in [3.8, 4) is 0 Å². The molecule has 1 rings (SSSR count). The zero-order valence-electron chi connectivity index (χ0n) is 13.7. The second-order valence-corrected chi connectivity index (χ2v) is 6.53. The molecule has 0 saturated heterocycles. The fourth-order valence-electron chi connectivity index (χ4n) is 2.34. The molecule has 1 unspecified atom stereocenters. The smallest absolute Gasteiger partial charge is 0.232 e. The Morgan fingerprint density at radius 1 is 1.33 bits per heavy atom. The van der Waals surface area contributed by atoms with Crippen LogP contribution in [0, 0.1) is 11.7 Å². The van der Waals surface area contributed by atoms with Gasteiger partial charge in [0.15, 0.2) is 0 Å². The van der Waals surface area contributed by atoms with E-state index in [1.165, 1.54) is 6.07 Å². The minimum Gasteiger partial charge on any atom is -0.345 e. The molecule has 118 valence electrons. The van der Waals surface area contributed by atoms with Crippen LogP contribution in [0.4, 0.5) is 4.39 Å². The molecule has 1 atom stereocenters. The number of nitrogens with two attached hydrogens (primary N) is 1. The molecule has 21 heavy (non-hydrogen) atoms. The zero-order valence-corrected chi connectivity index (χ0v) is 13.7. The van der Waals surface area contributed by atoms with Crippen LogP contribution in [0.3, 0.4) is 0 Å². The van der Waals surface area contributed by atoms with Gasteiger partial charge in [0, 0.05) is 25.2 Å². The Labute approximate surface area is 127 Å². The summed E-state index contributed by atoms with van der Waals surface area (Å²) < 4.78 is 13.9. The van der Waals surface area contributed by atoms with Crippen molar-refractivity contribution >= 4 is 5.91 Å². The highest BCUT2D eigenvalue weighted by molar-refractivity contribution is 5.87. The van der Waals surface area contributed by atoms with Crippen LogP contribution in [0.5, 0.6) is 0 Å². The number of benzene rings is 1. The van der Waals surface area contributed by atoms with Gasteiger partial charge in [-0.25, -0.2) is 4.39 Å². The highest BCUT2D eigenvalue weighted by Crippen LogP contribution is 2.27. The number of hydrogen-bond donors (Lipinski definition) is 1. The van der Waals surface area contributed by atoms with Crippen molar-refractivity contribution in [2.24, 2.45) is 11.7 Å². The first-order chi connectivity index (χ1) is 9.67. The first-order valence-electron chi connectivity index (χ1n) is 7.44. The molecule has 1 aromatic carbocycles. The lowest BCUT2D eigenvalue weighted by Gasteiger charge is -2.31. The van der Waals surface area contributed by atoms with Crippen molar-refractivity contribution in [2.45, 2.75) is 45.6 Å². The lowest BCUT2D eigenvalue weighted by molar-refractivity contribution is -0.135. The summed E-state index contributed by atoms with van der Waals surface area (Å²) in [6.45, 7) is 8.22. The third kappa shape index (κ3) is 4.27. The van der Waals surface area contributed by atoms with Crippen LogP contribution in [0.1, 0.15) is 39.7 Å². The van der Waals surface area contributed by atoms with Gasteiger partial charge in [0.2, 0.25) is 5.91 Å². The standard InChI is InChI=1S/C17H27FN2O/c1-12(2)15(19)10-11-20(5)16(21)17(3,4)13-8-6-7-9-14(13)18/h6-9,12,15H,10-11,19H2,1-5H3. The second-order valence-electron chi connectivity index (χ2n) is 6.53. The summed E-state index contributed by atoms with van der Waals surface area (Å²) in [5.74, 6) is -0.0558. The summed E-state index contributed by atoms with van der Waals surface area (Å²) in [5.41, 5.74) is 5.55. The number of carbonyl (C=O) groups is 1. The molecule has 0 aromatic heterocycles. The predicted molar refractivity (Wildman–Crippen MR) is 84.5 cm³/mol.